The van der Waals surface area contributed by atoms with Gasteiger partial charge in [-0.05, 0) is 55.4 Å². The molecule has 0 bridgehead atoms. The molecule has 0 atom stereocenters. The van der Waals surface area contributed by atoms with Gasteiger partial charge in [-0.25, -0.2) is 0 Å². The summed E-state index contributed by atoms with van der Waals surface area (Å²) >= 11 is 5.05. The Morgan fingerprint density at radius 1 is 1.16 bits per heavy atom. The molecular formula is C19H23N3O2S. The smallest absolute Gasteiger partial charge is 0.186 e. The number of thiocarbonyl (C=S) groups is 1. The van der Waals surface area contributed by atoms with Crippen LogP contribution in [0.25, 0.3) is 0 Å². The average molecular weight is 357 g/mol. The van der Waals surface area contributed by atoms with E-state index in [2.05, 4.69) is 47.0 Å². The third-order valence-electron chi connectivity index (χ3n) is 3.42. The predicted molar refractivity (Wildman–Crippen MR) is 106 cm³/mol. The molecule has 0 radical (unpaired) electrons. The first-order valence-corrected chi connectivity index (χ1v) is 8.46. The van der Waals surface area contributed by atoms with Gasteiger partial charge in [-0.2, -0.15) is 5.10 Å². The lowest BCUT2D eigenvalue weighted by atomic mass is 10.2. The number of rotatable bonds is 7. The van der Waals surface area contributed by atoms with Crippen LogP contribution in [0.4, 0.5) is 0 Å². The van der Waals surface area contributed by atoms with E-state index in [1.807, 2.05) is 25.1 Å². The van der Waals surface area contributed by atoms with Gasteiger partial charge in [-0.15, -0.1) is 0 Å². The predicted octanol–water partition coefficient (Wildman–Crippen LogP) is 3.40. The van der Waals surface area contributed by atoms with E-state index < -0.39 is 0 Å². The Bertz CT molecular complexity index is 730. The van der Waals surface area contributed by atoms with Gasteiger partial charge >= 0.3 is 0 Å². The molecule has 25 heavy (non-hydrogen) atoms. The molecule has 0 heterocycles. The number of ether oxygens (including phenoxy) is 2. The van der Waals surface area contributed by atoms with Crippen LogP contribution >= 0.6 is 12.2 Å². The van der Waals surface area contributed by atoms with Crippen molar-refractivity contribution in [2.75, 3.05) is 13.7 Å². The molecule has 0 amide bonds. The molecule has 0 unspecified atom stereocenters. The Balaban J connectivity index is 1.99. The second-order valence-corrected chi connectivity index (χ2v) is 5.82. The van der Waals surface area contributed by atoms with Gasteiger partial charge in [0.05, 0.1) is 13.3 Å². The third-order valence-corrected chi connectivity index (χ3v) is 3.66. The molecular weight excluding hydrogens is 334 g/mol. The van der Waals surface area contributed by atoms with Crippen LogP contribution in [0.2, 0.25) is 0 Å². The molecule has 2 aromatic carbocycles. The van der Waals surface area contributed by atoms with Crippen molar-refractivity contribution < 1.29 is 9.47 Å². The normalized spacial score (nSPS) is 10.5. The summed E-state index contributed by atoms with van der Waals surface area (Å²) in [4.78, 5) is 0. The first kappa shape index (κ1) is 18.7. The minimum Gasteiger partial charge on any atom is -0.493 e. The standard InChI is InChI=1S/C19H23N3O2S/c1-4-20-19(25)22-21-12-16-9-10-17(18(11-16)23-3)24-13-15-7-5-14(2)6-8-15/h5-12H,4,13H2,1-3H3,(H2,20,22,25). The molecule has 5 nitrogen and oxygen atoms in total. The van der Waals surface area contributed by atoms with E-state index in [0.29, 0.717) is 23.2 Å². The van der Waals surface area contributed by atoms with Crippen molar-refractivity contribution in [2.45, 2.75) is 20.5 Å². The molecule has 0 spiro atoms. The number of hydrogen-bond donors (Lipinski definition) is 2. The summed E-state index contributed by atoms with van der Waals surface area (Å²) in [5.41, 5.74) is 5.97. The van der Waals surface area contributed by atoms with Gasteiger partial charge < -0.3 is 14.8 Å². The average Bonchev–Trinajstić information content (AvgIpc) is 2.62. The van der Waals surface area contributed by atoms with Gasteiger partial charge in [0.25, 0.3) is 0 Å². The number of benzene rings is 2. The topological polar surface area (TPSA) is 54.9 Å². The van der Waals surface area contributed by atoms with E-state index in [1.165, 1.54) is 5.56 Å². The summed E-state index contributed by atoms with van der Waals surface area (Å²) in [5, 5.41) is 7.54. The lowest BCUT2D eigenvalue weighted by Crippen LogP contribution is -2.31. The van der Waals surface area contributed by atoms with E-state index >= 15 is 0 Å². The minimum absolute atomic E-state index is 0.489. The van der Waals surface area contributed by atoms with Crippen LogP contribution in [0.15, 0.2) is 47.6 Å². The summed E-state index contributed by atoms with van der Waals surface area (Å²) in [6, 6.07) is 13.9. The van der Waals surface area contributed by atoms with E-state index in [0.717, 1.165) is 17.7 Å². The molecule has 2 rings (SSSR count). The number of hydrogen-bond acceptors (Lipinski definition) is 4. The van der Waals surface area contributed by atoms with Gasteiger partial charge in [-0.1, -0.05) is 29.8 Å². The van der Waals surface area contributed by atoms with E-state index in [4.69, 9.17) is 21.7 Å². The second-order valence-electron chi connectivity index (χ2n) is 5.41. The maximum Gasteiger partial charge on any atom is 0.186 e. The van der Waals surface area contributed by atoms with E-state index in [-0.39, 0.29) is 0 Å². The lowest BCUT2D eigenvalue weighted by Gasteiger charge is -2.11. The fraction of sp³-hybridized carbons (Fsp3) is 0.263. The molecule has 0 fully saturated rings. The maximum absolute atomic E-state index is 5.87. The Labute approximate surface area is 154 Å². The maximum atomic E-state index is 5.87. The molecule has 0 aliphatic heterocycles. The number of aryl methyl sites for hydroxylation is 1. The Morgan fingerprint density at radius 3 is 2.60 bits per heavy atom. The van der Waals surface area contributed by atoms with Crippen LogP contribution in [0.1, 0.15) is 23.6 Å². The number of nitrogens with one attached hydrogen (secondary N) is 2. The summed E-state index contributed by atoms with van der Waals surface area (Å²) in [7, 11) is 1.62. The van der Waals surface area contributed by atoms with Crippen molar-refractivity contribution in [3.63, 3.8) is 0 Å². The SMILES string of the molecule is CCNC(=S)NN=Cc1ccc(OCc2ccc(C)cc2)c(OC)c1. The highest BCUT2D eigenvalue weighted by Gasteiger charge is 2.05. The van der Waals surface area contributed by atoms with E-state index in [9.17, 15) is 0 Å². The molecule has 2 N–H and O–H groups in total. The van der Waals surface area contributed by atoms with Crippen LogP contribution in [0.3, 0.4) is 0 Å². The highest BCUT2D eigenvalue weighted by molar-refractivity contribution is 7.80. The molecule has 0 saturated heterocycles. The Morgan fingerprint density at radius 2 is 1.92 bits per heavy atom. The van der Waals surface area contributed by atoms with Crippen LogP contribution in [-0.2, 0) is 6.61 Å². The summed E-state index contributed by atoms with van der Waals surface area (Å²) in [6.45, 7) is 5.27. The minimum atomic E-state index is 0.489. The zero-order valence-electron chi connectivity index (χ0n) is 14.7. The highest BCUT2D eigenvalue weighted by atomic mass is 32.1. The number of hydrazone groups is 1. The highest BCUT2D eigenvalue weighted by Crippen LogP contribution is 2.28. The second kappa shape index (κ2) is 9.64. The van der Waals surface area contributed by atoms with E-state index in [1.54, 1.807) is 13.3 Å². The van der Waals surface area contributed by atoms with Crippen molar-refractivity contribution in [1.82, 2.24) is 10.7 Å². The molecule has 0 saturated carbocycles. The van der Waals surface area contributed by atoms with Crippen molar-refractivity contribution in [3.05, 3.63) is 59.2 Å². The molecule has 0 aliphatic carbocycles. The quantitative estimate of drug-likeness (QED) is 0.452. The summed E-state index contributed by atoms with van der Waals surface area (Å²) in [5.74, 6) is 1.35. The number of nitrogens with zero attached hydrogens (tertiary/aromatic N) is 1. The van der Waals surface area contributed by atoms with Crippen LogP contribution in [0.5, 0.6) is 11.5 Å². The first-order valence-electron chi connectivity index (χ1n) is 8.05. The van der Waals surface area contributed by atoms with Crippen molar-refractivity contribution in [2.24, 2.45) is 5.10 Å². The lowest BCUT2D eigenvalue weighted by molar-refractivity contribution is 0.284. The molecule has 0 aliphatic rings. The van der Waals surface area contributed by atoms with Gasteiger partial charge in [0.15, 0.2) is 16.6 Å². The number of methoxy groups -OCH3 is 1. The van der Waals surface area contributed by atoms with Crippen molar-refractivity contribution >= 4 is 23.5 Å². The van der Waals surface area contributed by atoms with Crippen LogP contribution in [-0.4, -0.2) is 25.0 Å². The van der Waals surface area contributed by atoms with Gasteiger partial charge in [0.1, 0.15) is 6.61 Å². The molecule has 6 heteroatoms. The summed E-state index contributed by atoms with van der Waals surface area (Å²) < 4.78 is 11.3. The zero-order valence-corrected chi connectivity index (χ0v) is 15.5. The largest absolute Gasteiger partial charge is 0.493 e. The monoisotopic (exact) mass is 357 g/mol. The molecule has 2 aromatic rings. The van der Waals surface area contributed by atoms with Gasteiger partial charge in [0, 0.05) is 6.54 Å². The van der Waals surface area contributed by atoms with Crippen molar-refractivity contribution in [3.8, 4) is 11.5 Å². The summed E-state index contributed by atoms with van der Waals surface area (Å²) in [6.07, 6.45) is 1.68. The third kappa shape index (κ3) is 6.08. The Kier molecular flexibility index (Phi) is 7.22. The van der Waals surface area contributed by atoms with Crippen molar-refractivity contribution in [1.29, 1.82) is 0 Å². The van der Waals surface area contributed by atoms with Gasteiger partial charge in [0.2, 0.25) is 0 Å². The first-order chi connectivity index (χ1) is 12.1. The molecule has 0 aromatic heterocycles. The molecule has 132 valence electrons. The van der Waals surface area contributed by atoms with Crippen LogP contribution < -0.4 is 20.2 Å². The fourth-order valence-electron chi connectivity index (χ4n) is 2.09. The van der Waals surface area contributed by atoms with Crippen LogP contribution in [0, 0.1) is 6.92 Å². The van der Waals surface area contributed by atoms with Gasteiger partial charge in [-0.3, -0.25) is 5.43 Å². The zero-order chi connectivity index (χ0) is 18.1. The fourth-order valence-corrected chi connectivity index (χ4v) is 2.29. The Hall–Kier alpha value is -2.60.